The van der Waals surface area contributed by atoms with Gasteiger partial charge in [-0.2, -0.15) is 0 Å². The van der Waals surface area contributed by atoms with Crippen LogP contribution in [0.4, 0.5) is 5.69 Å². The molecule has 0 saturated carbocycles. The van der Waals surface area contributed by atoms with Crippen molar-refractivity contribution in [1.29, 1.82) is 0 Å². The van der Waals surface area contributed by atoms with Gasteiger partial charge in [-0.15, -0.1) is 0 Å². The summed E-state index contributed by atoms with van der Waals surface area (Å²) in [7, 11) is 0. The Morgan fingerprint density at radius 2 is 1.94 bits per heavy atom. The number of amidine groups is 1. The fraction of sp³-hybridized carbons (Fsp3) is 0. The van der Waals surface area contributed by atoms with Crippen LogP contribution >= 0.6 is 22.6 Å². The number of benzene rings is 1. The monoisotopic (exact) mass is 323 g/mol. The third kappa shape index (κ3) is 2.79. The Morgan fingerprint density at radius 3 is 2.56 bits per heavy atom. The molecule has 0 saturated heterocycles. The van der Waals surface area contributed by atoms with E-state index in [2.05, 4.69) is 32.6 Å². The summed E-state index contributed by atoms with van der Waals surface area (Å²) in [5.74, 6) is 0.504. The molecule has 0 spiro atoms. The fourth-order valence-electron chi connectivity index (χ4n) is 1.24. The zero-order valence-corrected chi connectivity index (χ0v) is 10.6. The summed E-state index contributed by atoms with van der Waals surface area (Å²) in [5, 5.41) is 0. The van der Waals surface area contributed by atoms with Crippen LogP contribution in [0.25, 0.3) is 0 Å². The van der Waals surface area contributed by atoms with Gasteiger partial charge < -0.3 is 5.73 Å². The van der Waals surface area contributed by atoms with Crippen molar-refractivity contribution in [3.05, 3.63) is 57.9 Å². The number of nitrogens with zero attached hydrogens (tertiary/aromatic N) is 2. The zero-order chi connectivity index (χ0) is 11.4. The highest BCUT2D eigenvalue weighted by atomic mass is 127. The van der Waals surface area contributed by atoms with E-state index in [0.29, 0.717) is 5.84 Å². The van der Waals surface area contributed by atoms with E-state index < -0.39 is 0 Å². The second-order valence-corrected chi connectivity index (χ2v) is 4.46. The molecule has 3 nitrogen and oxygen atoms in total. The van der Waals surface area contributed by atoms with Crippen LogP contribution in [0.3, 0.4) is 0 Å². The summed E-state index contributed by atoms with van der Waals surface area (Å²) in [6.45, 7) is 0. The molecule has 2 rings (SSSR count). The first-order chi connectivity index (χ1) is 7.75. The van der Waals surface area contributed by atoms with Crippen molar-refractivity contribution in [3.63, 3.8) is 0 Å². The normalized spacial score (nSPS) is 11.4. The first-order valence-corrected chi connectivity index (χ1v) is 5.84. The van der Waals surface area contributed by atoms with E-state index in [4.69, 9.17) is 5.73 Å². The Hall–Kier alpha value is -1.43. The van der Waals surface area contributed by atoms with Crippen LogP contribution in [-0.4, -0.2) is 10.8 Å². The summed E-state index contributed by atoms with van der Waals surface area (Å²) in [4.78, 5) is 8.27. The molecular formula is C12H10IN3. The van der Waals surface area contributed by atoms with Gasteiger partial charge in [0.05, 0.1) is 11.9 Å². The maximum absolute atomic E-state index is 5.90. The maximum atomic E-state index is 5.90. The van der Waals surface area contributed by atoms with E-state index in [-0.39, 0.29) is 0 Å². The average molecular weight is 323 g/mol. The molecule has 0 aliphatic carbocycles. The van der Waals surface area contributed by atoms with Gasteiger partial charge in [0.1, 0.15) is 5.84 Å². The molecule has 2 aromatic rings. The number of rotatable bonds is 2. The molecule has 0 aliphatic rings. The summed E-state index contributed by atoms with van der Waals surface area (Å²) < 4.78 is 1.18. The van der Waals surface area contributed by atoms with Crippen molar-refractivity contribution in [3.8, 4) is 0 Å². The SMILES string of the molecule is N/C(=N\c1cccnc1)c1ccc(I)cc1. The molecule has 0 fully saturated rings. The second-order valence-electron chi connectivity index (χ2n) is 3.22. The van der Waals surface area contributed by atoms with Crippen LogP contribution in [0, 0.1) is 3.57 Å². The maximum Gasteiger partial charge on any atom is 0.131 e. The van der Waals surface area contributed by atoms with Crippen LogP contribution in [-0.2, 0) is 0 Å². The van der Waals surface area contributed by atoms with Gasteiger partial charge in [-0.3, -0.25) is 4.98 Å². The van der Waals surface area contributed by atoms with E-state index in [1.54, 1.807) is 12.4 Å². The van der Waals surface area contributed by atoms with E-state index in [9.17, 15) is 0 Å². The second kappa shape index (κ2) is 5.07. The van der Waals surface area contributed by atoms with E-state index >= 15 is 0 Å². The lowest BCUT2D eigenvalue weighted by Crippen LogP contribution is -2.12. The van der Waals surface area contributed by atoms with Crippen molar-refractivity contribution < 1.29 is 0 Å². The molecule has 0 atom stereocenters. The molecule has 2 N–H and O–H groups in total. The van der Waals surface area contributed by atoms with Crippen LogP contribution in [0.5, 0.6) is 0 Å². The Morgan fingerprint density at radius 1 is 1.19 bits per heavy atom. The van der Waals surface area contributed by atoms with Crippen LogP contribution in [0.2, 0.25) is 0 Å². The molecule has 4 heteroatoms. The van der Waals surface area contributed by atoms with Gasteiger partial charge in [0, 0.05) is 15.3 Å². The average Bonchev–Trinajstić information content (AvgIpc) is 2.31. The smallest absolute Gasteiger partial charge is 0.131 e. The van der Waals surface area contributed by atoms with Crippen LogP contribution < -0.4 is 5.73 Å². The third-order valence-electron chi connectivity index (χ3n) is 2.04. The molecule has 0 unspecified atom stereocenters. The van der Waals surface area contributed by atoms with Gasteiger partial charge in [-0.1, -0.05) is 12.1 Å². The minimum absolute atomic E-state index is 0.504. The molecule has 80 valence electrons. The lowest BCUT2D eigenvalue weighted by molar-refractivity contribution is 1.30. The van der Waals surface area contributed by atoms with E-state index in [0.717, 1.165) is 11.3 Å². The predicted octanol–water partition coefficient (Wildman–Crippen LogP) is 2.72. The Balaban J connectivity index is 2.28. The molecule has 0 radical (unpaired) electrons. The molecule has 1 heterocycles. The minimum atomic E-state index is 0.504. The molecule has 0 bridgehead atoms. The number of halogens is 1. The number of pyridine rings is 1. The highest BCUT2D eigenvalue weighted by Crippen LogP contribution is 2.11. The molecule has 0 aliphatic heterocycles. The number of aromatic nitrogens is 1. The first kappa shape index (κ1) is 11.1. The standard InChI is InChI=1S/C12H10IN3/c13-10-5-3-9(4-6-10)12(14)16-11-2-1-7-15-8-11/h1-8H,(H2,14,16). The van der Waals surface area contributed by atoms with Gasteiger partial charge >= 0.3 is 0 Å². The van der Waals surface area contributed by atoms with Crippen molar-refractivity contribution >= 4 is 34.1 Å². The molecular weight excluding hydrogens is 313 g/mol. The number of hydrogen-bond acceptors (Lipinski definition) is 2. The summed E-state index contributed by atoms with van der Waals surface area (Å²) >= 11 is 2.25. The van der Waals surface area contributed by atoms with E-state index in [1.165, 1.54) is 3.57 Å². The largest absolute Gasteiger partial charge is 0.383 e. The van der Waals surface area contributed by atoms with Gasteiger partial charge in [-0.05, 0) is 46.9 Å². The van der Waals surface area contributed by atoms with Crippen molar-refractivity contribution in [2.45, 2.75) is 0 Å². The third-order valence-corrected chi connectivity index (χ3v) is 2.75. The number of hydrogen-bond donors (Lipinski definition) is 1. The van der Waals surface area contributed by atoms with Crippen molar-refractivity contribution in [1.82, 2.24) is 4.98 Å². The number of aliphatic imine (C=N–C) groups is 1. The van der Waals surface area contributed by atoms with E-state index in [1.807, 2.05) is 36.4 Å². The van der Waals surface area contributed by atoms with Crippen molar-refractivity contribution in [2.75, 3.05) is 0 Å². The van der Waals surface area contributed by atoms with Crippen LogP contribution in [0.1, 0.15) is 5.56 Å². The van der Waals surface area contributed by atoms with Gasteiger partial charge in [0.2, 0.25) is 0 Å². The van der Waals surface area contributed by atoms with Gasteiger partial charge in [-0.25, -0.2) is 4.99 Å². The fourth-order valence-corrected chi connectivity index (χ4v) is 1.60. The quantitative estimate of drug-likeness (QED) is 0.525. The zero-order valence-electron chi connectivity index (χ0n) is 8.47. The minimum Gasteiger partial charge on any atom is -0.383 e. The Labute approximate surface area is 108 Å². The number of nitrogens with two attached hydrogens (primary N) is 1. The topological polar surface area (TPSA) is 51.3 Å². The summed E-state index contributed by atoms with van der Waals surface area (Å²) in [6.07, 6.45) is 3.39. The molecule has 1 aromatic heterocycles. The highest BCUT2D eigenvalue weighted by molar-refractivity contribution is 14.1. The first-order valence-electron chi connectivity index (χ1n) is 4.76. The molecule has 1 aromatic carbocycles. The molecule has 0 amide bonds. The van der Waals surface area contributed by atoms with Gasteiger partial charge in [0.15, 0.2) is 0 Å². The lowest BCUT2D eigenvalue weighted by Gasteiger charge is -2.00. The lowest BCUT2D eigenvalue weighted by atomic mass is 10.2. The summed E-state index contributed by atoms with van der Waals surface area (Å²) in [5.41, 5.74) is 7.58. The van der Waals surface area contributed by atoms with Crippen molar-refractivity contribution in [2.24, 2.45) is 10.7 Å². The highest BCUT2D eigenvalue weighted by Gasteiger charge is 1.98. The Kier molecular flexibility index (Phi) is 3.51. The molecule has 16 heavy (non-hydrogen) atoms. The summed E-state index contributed by atoms with van der Waals surface area (Å²) in [6, 6.07) is 11.6. The Bertz CT molecular complexity index is 491. The van der Waals surface area contributed by atoms with Crippen LogP contribution in [0.15, 0.2) is 53.8 Å². The predicted molar refractivity (Wildman–Crippen MR) is 73.8 cm³/mol. The van der Waals surface area contributed by atoms with Gasteiger partial charge in [0.25, 0.3) is 0 Å².